The molecule has 0 aromatic heterocycles. The average Bonchev–Trinajstić information content (AvgIpc) is 2.83. The summed E-state index contributed by atoms with van der Waals surface area (Å²) in [6.07, 6.45) is 0.384. The average molecular weight is 380 g/mol. The first-order valence-electron chi connectivity index (χ1n) is 6.39. The van der Waals surface area contributed by atoms with Crippen LogP contribution in [0.15, 0.2) is 33.7 Å². The van der Waals surface area contributed by atoms with Crippen molar-refractivity contribution in [2.75, 3.05) is 18.5 Å². The van der Waals surface area contributed by atoms with E-state index in [-0.39, 0.29) is 23.6 Å². The third-order valence-electron chi connectivity index (χ3n) is 3.10. The second-order valence-corrected chi connectivity index (χ2v) is 7.35. The third kappa shape index (κ3) is 4.32. The van der Waals surface area contributed by atoms with Crippen molar-refractivity contribution < 1.29 is 9.59 Å². The quantitative estimate of drug-likeness (QED) is 0.870. The van der Waals surface area contributed by atoms with Crippen LogP contribution in [0.5, 0.6) is 0 Å². The number of hydrogen-bond donors (Lipinski definition) is 1. The van der Waals surface area contributed by atoms with Gasteiger partial charge >= 0.3 is 0 Å². The van der Waals surface area contributed by atoms with Gasteiger partial charge < -0.3 is 10.2 Å². The van der Waals surface area contributed by atoms with Crippen molar-refractivity contribution in [2.24, 2.45) is 0 Å². The van der Waals surface area contributed by atoms with E-state index in [2.05, 4.69) is 5.32 Å². The highest BCUT2D eigenvalue weighted by Crippen LogP contribution is 2.41. The lowest BCUT2D eigenvalue weighted by atomic mass is 10.2. The largest absolute Gasteiger partial charge is 0.346 e. The van der Waals surface area contributed by atoms with Gasteiger partial charge in [0.2, 0.25) is 11.8 Å². The molecule has 1 unspecified atom stereocenters. The van der Waals surface area contributed by atoms with Gasteiger partial charge in [-0.3, -0.25) is 9.59 Å². The van der Waals surface area contributed by atoms with Gasteiger partial charge in [-0.15, -0.1) is 0 Å². The van der Waals surface area contributed by atoms with Crippen molar-refractivity contribution in [1.29, 1.82) is 0 Å². The van der Waals surface area contributed by atoms with Crippen molar-refractivity contribution >= 4 is 64.1 Å². The van der Waals surface area contributed by atoms with E-state index in [0.29, 0.717) is 26.5 Å². The molecule has 0 spiro atoms. The highest BCUT2D eigenvalue weighted by atomic mass is 35.5. The van der Waals surface area contributed by atoms with Gasteiger partial charge in [-0.2, -0.15) is 0 Å². The molecule has 2 rings (SSSR count). The number of hydrogen-bond acceptors (Lipinski definition) is 3. The van der Waals surface area contributed by atoms with E-state index in [1.54, 1.807) is 31.3 Å². The molecule has 1 aliphatic heterocycles. The van der Waals surface area contributed by atoms with E-state index in [1.807, 2.05) is 0 Å². The first kappa shape index (κ1) is 17.5. The van der Waals surface area contributed by atoms with E-state index >= 15 is 0 Å². The summed E-state index contributed by atoms with van der Waals surface area (Å²) in [6.45, 7) is -0.103. The molecule has 8 heteroatoms. The highest BCUT2D eigenvalue weighted by molar-refractivity contribution is 8.06. The number of carbonyl (C=O) groups is 2. The van der Waals surface area contributed by atoms with Crippen molar-refractivity contribution in [2.45, 2.75) is 11.7 Å². The molecule has 1 heterocycles. The summed E-state index contributed by atoms with van der Waals surface area (Å²) in [5, 5.41) is 3.24. The van der Waals surface area contributed by atoms with E-state index in [1.165, 1.54) is 16.7 Å². The molecule has 0 bridgehead atoms. The molecule has 0 aliphatic carbocycles. The minimum atomic E-state index is -0.385. The van der Waals surface area contributed by atoms with Crippen molar-refractivity contribution in [1.82, 2.24) is 5.32 Å². The smallest absolute Gasteiger partial charge is 0.246 e. The molecule has 1 aliphatic rings. The van der Waals surface area contributed by atoms with Crippen molar-refractivity contribution in [3.8, 4) is 0 Å². The molecule has 1 aromatic carbocycles. The fourth-order valence-electron chi connectivity index (χ4n) is 1.84. The first-order valence-corrected chi connectivity index (χ1v) is 8.40. The summed E-state index contributed by atoms with van der Waals surface area (Å²) < 4.78 is 0.434. The number of carbonyl (C=O) groups excluding carboxylic acids is 2. The van der Waals surface area contributed by atoms with E-state index in [0.717, 1.165) is 0 Å². The maximum Gasteiger partial charge on any atom is 0.246 e. The summed E-state index contributed by atoms with van der Waals surface area (Å²) >= 11 is 18.8. The minimum Gasteiger partial charge on any atom is -0.346 e. The Bertz CT molecular complexity index is 622. The number of allylic oxidation sites excluding steroid dienone is 1. The van der Waals surface area contributed by atoms with Crippen molar-refractivity contribution in [3.63, 3.8) is 0 Å². The van der Waals surface area contributed by atoms with Crippen LogP contribution in [0.1, 0.15) is 6.42 Å². The van der Waals surface area contributed by atoms with Crippen LogP contribution < -0.4 is 10.2 Å². The van der Waals surface area contributed by atoms with Crippen molar-refractivity contribution in [3.05, 3.63) is 38.7 Å². The highest BCUT2D eigenvalue weighted by Gasteiger charge is 2.29. The fraction of sp³-hybridized carbons (Fsp3) is 0.286. The molecular formula is C14H13Cl3N2O2S. The molecule has 0 saturated carbocycles. The van der Waals surface area contributed by atoms with Crippen LogP contribution in [0.3, 0.4) is 0 Å². The lowest BCUT2D eigenvalue weighted by molar-refractivity contribution is -0.124. The van der Waals surface area contributed by atoms with Crippen LogP contribution in [0.2, 0.25) is 5.02 Å². The zero-order chi connectivity index (χ0) is 16.3. The maximum atomic E-state index is 12.1. The summed E-state index contributed by atoms with van der Waals surface area (Å²) in [6, 6.07) is 6.92. The van der Waals surface area contributed by atoms with Gasteiger partial charge in [-0.1, -0.05) is 52.6 Å². The minimum absolute atomic E-state index is 0.103. The first-order chi connectivity index (χ1) is 10.4. The molecule has 22 heavy (non-hydrogen) atoms. The number of amides is 2. The Morgan fingerprint density at radius 1 is 1.36 bits per heavy atom. The SMILES string of the molecule is CN(C(=O)CNC(=O)C1CC(Cl)=C(Cl)S1)c1cccc(Cl)c1. The molecule has 0 saturated heterocycles. The number of halogens is 3. The third-order valence-corrected chi connectivity index (χ3v) is 5.50. The molecule has 1 aromatic rings. The van der Waals surface area contributed by atoms with Gasteiger partial charge in [0.1, 0.15) is 0 Å². The topological polar surface area (TPSA) is 49.4 Å². The summed E-state index contributed by atoms with van der Waals surface area (Å²) in [7, 11) is 1.62. The van der Waals surface area contributed by atoms with Crippen LogP contribution in [0.25, 0.3) is 0 Å². The van der Waals surface area contributed by atoms with Crippen LogP contribution in [-0.4, -0.2) is 30.7 Å². The molecule has 0 fully saturated rings. The molecular weight excluding hydrogens is 367 g/mol. The second-order valence-electron chi connectivity index (χ2n) is 4.64. The van der Waals surface area contributed by atoms with Gasteiger partial charge in [0.15, 0.2) is 0 Å². The normalized spacial score (nSPS) is 17.5. The van der Waals surface area contributed by atoms with Crippen LogP contribution in [0, 0.1) is 0 Å². The number of nitrogens with zero attached hydrogens (tertiary/aromatic N) is 1. The number of anilines is 1. The Morgan fingerprint density at radius 3 is 2.68 bits per heavy atom. The van der Waals surface area contributed by atoms with E-state index in [4.69, 9.17) is 34.8 Å². The second kappa shape index (κ2) is 7.59. The Hall–Kier alpha value is -0.880. The predicted molar refractivity (Wildman–Crippen MR) is 92.6 cm³/mol. The molecule has 0 radical (unpaired) electrons. The molecule has 2 amide bonds. The lowest BCUT2D eigenvalue weighted by Gasteiger charge is -2.18. The van der Waals surface area contributed by atoms with Gasteiger partial charge in [0.25, 0.3) is 0 Å². The maximum absolute atomic E-state index is 12.1. The monoisotopic (exact) mass is 378 g/mol. The Labute approximate surface area is 147 Å². The zero-order valence-corrected chi connectivity index (χ0v) is 14.7. The fourth-order valence-corrected chi connectivity index (χ4v) is 3.71. The Morgan fingerprint density at radius 2 is 2.09 bits per heavy atom. The van der Waals surface area contributed by atoms with Gasteiger partial charge in [0.05, 0.1) is 16.2 Å². The summed E-state index contributed by atoms with van der Waals surface area (Å²) in [4.78, 5) is 25.5. The Balaban J connectivity index is 1.86. The van der Waals surface area contributed by atoms with Crippen LogP contribution in [-0.2, 0) is 9.59 Å². The summed E-state index contributed by atoms with van der Waals surface area (Å²) in [5.41, 5.74) is 0.662. The van der Waals surface area contributed by atoms with Gasteiger partial charge in [-0.05, 0) is 18.2 Å². The zero-order valence-electron chi connectivity index (χ0n) is 11.6. The van der Waals surface area contributed by atoms with Crippen LogP contribution in [0.4, 0.5) is 5.69 Å². The number of rotatable bonds is 4. The lowest BCUT2D eigenvalue weighted by Crippen LogP contribution is -2.41. The number of thioether (sulfide) groups is 1. The van der Waals surface area contributed by atoms with Gasteiger partial charge in [0, 0.05) is 29.2 Å². The molecule has 1 atom stereocenters. The molecule has 1 N–H and O–H groups in total. The number of benzene rings is 1. The van der Waals surface area contributed by atoms with Crippen LogP contribution >= 0.6 is 46.6 Å². The number of nitrogens with one attached hydrogen (secondary N) is 1. The standard InChI is InChI=1S/C14H13Cl3N2O2S/c1-19(9-4-2-3-8(15)5-9)12(20)7-18-14(21)11-6-10(16)13(17)22-11/h2-5,11H,6-7H2,1H3,(H,18,21). The number of likely N-dealkylation sites (N-methyl/N-ethyl adjacent to an activating group) is 1. The van der Waals surface area contributed by atoms with Gasteiger partial charge in [-0.25, -0.2) is 0 Å². The molecule has 4 nitrogen and oxygen atoms in total. The Kier molecular flexibility index (Phi) is 6.03. The summed E-state index contributed by atoms with van der Waals surface area (Å²) in [5.74, 6) is -0.504. The van der Waals surface area contributed by atoms with E-state index in [9.17, 15) is 9.59 Å². The predicted octanol–water partition coefficient (Wildman–Crippen LogP) is 3.57. The molecule has 118 valence electrons. The van der Waals surface area contributed by atoms with E-state index < -0.39 is 0 Å².